The number of nitrogens with one attached hydrogen (secondary N) is 1. The van der Waals surface area contributed by atoms with Crippen LogP contribution in [-0.2, 0) is 9.59 Å². The molecule has 1 aromatic carbocycles. The molecular formula is C13H12BrN3O2S. The van der Waals surface area contributed by atoms with Crippen LogP contribution in [0.3, 0.4) is 0 Å². The monoisotopic (exact) mass is 353 g/mol. The van der Waals surface area contributed by atoms with Crippen molar-refractivity contribution >= 4 is 50.4 Å². The van der Waals surface area contributed by atoms with E-state index in [9.17, 15) is 9.59 Å². The number of anilines is 1. The lowest BCUT2D eigenvalue weighted by molar-refractivity contribution is -0.127. The maximum absolute atomic E-state index is 12.1. The molecule has 2 heterocycles. The Kier molecular flexibility index (Phi) is 3.80. The van der Waals surface area contributed by atoms with Crippen LogP contribution < -0.4 is 5.32 Å². The summed E-state index contributed by atoms with van der Waals surface area (Å²) in [4.78, 5) is 30.0. The summed E-state index contributed by atoms with van der Waals surface area (Å²) in [5, 5.41) is 3.22. The average Bonchev–Trinajstić information content (AvgIpc) is 2.97. The lowest BCUT2D eigenvalue weighted by Gasteiger charge is -2.11. The summed E-state index contributed by atoms with van der Waals surface area (Å²) in [7, 11) is 0. The van der Waals surface area contributed by atoms with Gasteiger partial charge in [-0.15, -0.1) is 0 Å². The van der Waals surface area contributed by atoms with Crippen molar-refractivity contribution in [1.29, 1.82) is 0 Å². The zero-order valence-corrected chi connectivity index (χ0v) is 12.9. The summed E-state index contributed by atoms with van der Waals surface area (Å²) < 4.78 is 0.823. The third-order valence-corrected chi connectivity index (χ3v) is 5.01. The van der Waals surface area contributed by atoms with Crippen molar-refractivity contribution < 1.29 is 9.59 Å². The van der Waals surface area contributed by atoms with Crippen molar-refractivity contribution in [3.63, 3.8) is 0 Å². The predicted octanol–water partition coefficient (Wildman–Crippen LogP) is 2.09. The Bertz CT molecular complexity index is 605. The molecule has 1 atom stereocenters. The van der Waals surface area contributed by atoms with Crippen LogP contribution in [0.4, 0.5) is 5.69 Å². The molecule has 2 aliphatic rings. The first-order valence-corrected chi connectivity index (χ1v) is 7.89. The number of aliphatic imine (C=N–C) groups is 1. The Labute approximate surface area is 128 Å². The van der Waals surface area contributed by atoms with E-state index in [0.29, 0.717) is 18.8 Å². The van der Waals surface area contributed by atoms with E-state index in [0.717, 1.165) is 9.64 Å². The van der Waals surface area contributed by atoms with Crippen LogP contribution in [0.2, 0.25) is 0 Å². The predicted molar refractivity (Wildman–Crippen MR) is 82.8 cm³/mol. The van der Waals surface area contributed by atoms with Gasteiger partial charge in [0.25, 0.3) is 0 Å². The van der Waals surface area contributed by atoms with Crippen LogP contribution in [0, 0.1) is 0 Å². The highest BCUT2D eigenvalue weighted by Gasteiger charge is 2.40. The number of hydrogen-bond donors (Lipinski definition) is 1. The van der Waals surface area contributed by atoms with Gasteiger partial charge < -0.3 is 5.32 Å². The number of benzene rings is 1. The Morgan fingerprint density at radius 1 is 1.50 bits per heavy atom. The molecule has 1 fully saturated rings. The lowest BCUT2D eigenvalue weighted by Crippen LogP contribution is -2.32. The molecule has 0 radical (unpaired) electrons. The molecule has 0 aliphatic carbocycles. The zero-order chi connectivity index (χ0) is 14.1. The van der Waals surface area contributed by atoms with Gasteiger partial charge in [-0.2, -0.15) is 0 Å². The van der Waals surface area contributed by atoms with E-state index in [2.05, 4.69) is 26.2 Å². The number of nitrogens with zero attached hydrogens (tertiary/aromatic N) is 2. The van der Waals surface area contributed by atoms with E-state index in [1.807, 2.05) is 24.3 Å². The van der Waals surface area contributed by atoms with Crippen molar-refractivity contribution in [2.24, 2.45) is 4.99 Å². The second-order valence-electron chi connectivity index (χ2n) is 4.49. The molecule has 0 bridgehead atoms. The first-order chi connectivity index (χ1) is 9.65. The molecule has 0 saturated carbocycles. The number of amides is 2. The Hall–Kier alpha value is -1.34. The fourth-order valence-electron chi connectivity index (χ4n) is 2.14. The minimum Gasteiger partial charge on any atom is -0.325 e. The Morgan fingerprint density at radius 2 is 2.30 bits per heavy atom. The van der Waals surface area contributed by atoms with Gasteiger partial charge in [0.05, 0.1) is 12.2 Å². The Balaban J connectivity index is 1.63. The quantitative estimate of drug-likeness (QED) is 0.904. The van der Waals surface area contributed by atoms with Crippen molar-refractivity contribution in [3.8, 4) is 0 Å². The fourth-order valence-corrected chi connectivity index (χ4v) is 3.72. The van der Waals surface area contributed by atoms with Crippen molar-refractivity contribution in [3.05, 3.63) is 28.7 Å². The molecule has 1 saturated heterocycles. The number of hydrogen-bond acceptors (Lipinski definition) is 4. The summed E-state index contributed by atoms with van der Waals surface area (Å²) in [6, 6.07) is 7.40. The molecule has 0 aromatic heterocycles. The summed E-state index contributed by atoms with van der Waals surface area (Å²) in [6.45, 7) is 1.31. The van der Waals surface area contributed by atoms with Gasteiger partial charge >= 0.3 is 0 Å². The summed E-state index contributed by atoms with van der Waals surface area (Å²) in [5.41, 5.74) is 0.714. The maximum Gasteiger partial charge on any atom is 0.242 e. The molecule has 1 N–H and O–H groups in total. The largest absolute Gasteiger partial charge is 0.325 e. The van der Waals surface area contributed by atoms with Gasteiger partial charge in [0.15, 0.2) is 5.17 Å². The molecular weight excluding hydrogens is 342 g/mol. The van der Waals surface area contributed by atoms with Crippen LogP contribution in [-0.4, -0.2) is 40.2 Å². The van der Waals surface area contributed by atoms with Crippen LogP contribution in [0.1, 0.15) is 6.42 Å². The highest BCUT2D eigenvalue weighted by Crippen LogP contribution is 2.32. The van der Waals surface area contributed by atoms with E-state index < -0.39 is 0 Å². The minimum absolute atomic E-state index is 0.00599. The number of para-hydroxylation sites is 1. The molecule has 1 unspecified atom stereocenters. The summed E-state index contributed by atoms with van der Waals surface area (Å²) in [5.74, 6) is -0.168. The van der Waals surface area contributed by atoms with Gasteiger partial charge in [-0.25, -0.2) is 0 Å². The average molecular weight is 354 g/mol. The molecule has 20 heavy (non-hydrogen) atoms. The van der Waals surface area contributed by atoms with Gasteiger partial charge in [0.2, 0.25) is 11.8 Å². The minimum atomic E-state index is -0.350. The SMILES string of the molecule is O=C(CC1SC2=NCCN2C1=O)Nc1ccccc1Br. The Morgan fingerprint density at radius 3 is 3.05 bits per heavy atom. The number of halogens is 1. The molecule has 104 valence electrons. The number of rotatable bonds is 3. The third-order valence-electron chi connectivity index (χ3n) is 3.11. The summed E-state index contributed by atoms with van der Waals surface area (Å²) >= 11 is 4.76. The summed E-state index contributed by atoms with van der Waals surface area (Å²) in [6.07, 6.45) is 0.167. The van der Waals surface area contributed by atoms with Gasteiger partial charge in [0, 0.05) is 17.4 Å². The van der Waals surface area contributed by atoms with Gasteiger partial charge in [-0.1, -0.05) is 23.9 Å². The molecule has 2 aliphatic heterocycles. The first-order valence-electron chi connectivity index (χ1n) is 6.22. The highest BCUT2D eigenvalue weighted by molar-refractivity contribution is 9.10. The molecule has 5 nitrogen and oxygen atoms in total. The maximum atomic E-state index is 12.1. The van der Waals surface area contributed by atoms with E-state index in [4.69, 9.17) is 0 Å². The van der Waals surface area contributed by atoms with Crippen molar-refractivity contribution in [1.82, 2.24) is 4.90 Å². The van der Waals surface area contributed by atoms with Gasteiger partial charge in [-0.05, 0) is 28.1 Å². The van der Waals surface area contributed by atoms with E-state index in [1.54, 1.807) is 4.90 Å². The molecule has 3 rings (SSSR count). The smallest absolute Gasteiger partial charge is 0.242 e. The van der Waals surface area contributed by atoms with Crippen molar-refractivity contribution in [2.75, 3.05) is 18.4 Å². The highest BCUT2D eigenvalue weighted by atomic mass is 79.9. The second-order valence-corrected chi connectivity index (χ2v) is 6.52. The standard InChI is InChI=1S/C13H12BrN3O2S/c14-8-3-1-2-4-9(8)16-11(18)7-10-12(19)17-6-5-15-13(17)20-10/h1-4,10H,5-7H2,(H,16,18). The van der Waals surface area contributed by atoms with E-state index >= 15 is 0 Å². The number of amidine groups is 1. The number of thioether (sulfide) groups is 1. The van der Waals surface area contributed by atoms with Gasteiger partial charge in [0.1, 0.15) is 5.25 Å². The molecule has 7 heteroatoms. The third kappa shape index (κ3) is 2.60. The molecule has 2 amide bonds. The second kappa shape index (κ2) is 5.57. The van der Waals surface area contributed by atoms with Crippen LogP contribution in [0.25, 0.3) is 0 Å². The van der Waals surface area contributed by atoms with E-state index in [-0.39, 0.29) is 23.5 Å². The molecule has 0 spiro atoms. The number of carbonyl (C=O) groups excluding carboxylic acids is 2. The molecule has 1 aromatic rings. The van der Waals surface area contributed by atoms with E-state index in [1.165, 1.54) is 11.8 Å². The fraction of sp³-hybridized carbons (Fsp3) is 0.308. The number of carbonyl (C=O) groups is 2. The first kappa shape index (κ1) is 13.6. The normalized spacial score (nSPS) is 20.9. The zero-order valence-electron chi connectivity index (χ0n) is 10.5. The van der Waals surface area contributed by atoms with Crippen LogP contribution >= 0.6 is 27.7 Å². The lowest BCUT2D eigenvalue weighted by atomic mass is 10.2. The topological polar surface area (TPSA) is 61.8 Å². The van der Waals surface area contributed by atoms with Crippen LogP contribution in [0.15, 0.2) is 33.7 Å². The van der Waals surface area contributed by atoms with Crippen molar-refractivity contribution in [2.45, 2.75) is 11.7 Å². The van der Waals surface area contributed by atoms with Gasteiger partial charge in [-0.3, -0.25) is 19.5 Å². The number of fused-ring (bicyclic) bond motifs is 1. The van der Waals surface area contributed by atoms with Crippen LogP contribution in [0.5, 0.6) is 0 Å².